The number of rotatable bonds is 7. The largest absolute Gasteiger partial charge is 0.494 e. The Balaban J connectivity index is 1.96. The molecule has 0 aliphatic rings. The van der Waals surface area contributed by atoms with Gasteiger partial charge in [0.2, 0.25) is 0 Å². The summed E-state index contributed by atoms with van der Waals surface area (Å²) in [5.41, 5.74) is 1.37. The molecule has 2 aromatic carbocycles. The molecule has 0 aliphatic heterocycles. The summed E-state index contributed by atoms with van der Waals surface area (Å²) in [5, 5.41) is 0. The van der Waals surface area contributed by atoms with E-state index in [4.69, 9.17) is 16.3 Å². The normalized spacial score (nSPS) is 10.2. The first-order valence-corrected chi connectivity index (χ1v) is 7.23. The van der Waals surface area contributed by atoms with Gasteiger partial charge < -0.3 is 4.74 Å². The predicted molar refractivity (Wildman–Crippen MR) is 81.8 cm³/mol. The molecule has 0 atom stereocenters. The average molecular weight is 289 g/mol. The lowest BCUT2D eigenvalue weighted by molar-refractivity contribution is 0.103. The number of carbonyl (C=O) groups excluding carboxylic acids is 1. The van der Waals surface area contributed by atoms with Crippen LogP contribution in [0.15, 0.2) is 54.6 Å². The third-order valence-corrected chi connectivity index (χ3v) is 3.22. The van der Waals surface area contributed by atoms with E-state index >= 15 is 0 Å². The molecular formula is C17H17ClO2. The Hall–Kier alpha value is -1.80. The molecule has 0 fully saturated rings. The van der Waals surface area contributed by atoms with Crippen LogP contribution in [0, 0.1) is 0 Å². The van der Waals surface area contributed by atoms with Crippen molar-refractivity contribution in [2.75, 3.05) is 12.5 Å². The molecule has 0 heterocycles. The number of benzene rings is 2. The third-order valence-electron chi connectivity index (χ3n) is 2.95. The molecule has 0 saturated heterocycles. The van der Waals surface area contributed by atoms with Crippen LogP contribution in [-0.4, -0.2) is 18.3 Å². The molecule has 0 saturated carbocycles. The summed E-state index contributed by atoms with van der Waals surface area (Å²) in [7, 11) is 0. The zero-order chi connectivity index (χ0) is 14.2. The minimum atomic E-state index is 0.0271. The Morgan fingerprint density at radius 2 is 1.55 bits per heavy atom. The molecule has 3 heteroatoms. The summed E-state index contributed by atoms with van der Waals surface area (Å²) >= 11 is 5.60. The van der Waals surface area contributed by atoms with Crippen LogP contribution in [-0.2, 0) is 0 Å². The highest BCUT2D eigenvalue weighted by Gasteiger charge is 2.08. The number of ether oxygens (including phenoxy) is 1. The number of carbonyl (C=O) groups is 1. The van der Waals surface area contributed by atoms with Crippen molar-refractivity contribution in [2.45, 2.75) is 12.8 Å². The van der Waals surface area contributed by atoms with Crippen molar-refractivity contribution in [1.82, 2.24) is 0 Å². The Morgan fingerprint density at radius 1 is 0.900 bits per heavy atom. The van der Waals surface area contributed by atoms with E-state index in [-0.39, 0.29) is 5.78 Å². The zero-order valence-corrected chi connectivity index (χ0v) is 12.0. The maximum Gasteiger partial charge on any atom is 0.193 e. The van der Waals surface area contributed by atoms with E-state index in [0.717, 1.165) is 18.6 Å². The summed E-state index contributed by atoms with van der Waals surface area (Å²) < 4.78 is 5.58. The topological polar surface area (TPSA) is 26.3 Å². The first-order chi connectivity index (χ1) is 9.81. The van der Waals surface area contributed by atoms with Gasteiger partial charge in [0, 0.05) is 17.0 Å². The molecule has 0 N–H and O–H groups in total. The van der Waals surface area contributed by atoms with Crippen molar-refractivity contribution >= 4 is 17.4 Å². The van der Waals surface area contributed by atoms with Gasteiger partial charge in [0.25, 0.3) is 0 Å². The smallest absolute Gasteiger partial charge is 0.193 e. The highest BCUT2D eigenvalue weighted by molar-refractivity contribution is 6.17. The molecule has 0 aliphatic carbocycles. The van der Waals surface area contributed by atoms with Crippen molar-refractivity contribution in [1.29, 1.82) is 0 Å². The Labute approximate surface area is 124 Å². The van der Waals surface area contributed by atoms with E-state index in [0.29, 0.717) is 23.6 Å². The van der Waals surface area contributed by atoms with Crippen LogP contribution in [0.25, 0.3) is 0 Å². The van der Waals surface area contributed by atoms with Crippen LogP contribution in [0.1, 0.15) is 28.8 Å². The van der Waals surface area contributed by atoms with Crippen molar-refractivity contribution in [3.8, 4) is 5.75 Å². The van der Waals surface area contributed by atoms with Crippen LogP contribution in [0.3, 0.4) is 0 Å². The minimum Gasteiger partial charge on any atom is -0.494 e. The Bertz CT molecular complexity index is 535. The van der Waals surface area contributed by atoms with Gasteiger partial charge in [0.05, 0.1) is 6.61 Å². The maximum absolute atomic E-state index is 12.2. The van der Waals surface area contributed by atoms with Gasteiger partial charge in [-0.3, -0.25) is 4.79 Å². The molecule has 104 valence electrons. The molecule has 2 nitrogen and oxygen atoms in total. The van der Waals surface area contributed by atoms with E-state index in [9.17, 15) is 4.79 Å². The molecule has 0 unspecified atom stereocenters. The molecule has 2 aromatic rings. The Kier molecular flexibility index (Phi) is 5.63. The van der Waals surface area contributed by atoms with Crippen LogP contribution >= 0.6 is 11.6 Å². The number of halogens is 1. The van der Waals surface area contributed by atoms with Gasteiger partial charge in [0.15, 0.2) is 5.78 Å². The molecular weight excluding hydrogens is 272 g/mol. The summed E-state index contributed by atoms with van der Waals surface area (Å²) in [6.45, 7) is 0.651. The molecule has 2 rings (SSSR count). The van der Waals surface area contributed by atoms with Gasteiger partial charge in [-0.1, -0.05) is 30.3 Å². The molecule has 0 bridgehead atoms. The minimum absolute atomic E-state index is 0.0271. The second-order valence-electron chi connectivity index (χ2n) is 4.46. The van der Waals surface area contributed by atoms with E-state index in [1.807, 2.05) is 42.5 Å². The molecule has 0 radical (unpaired) electrons. The summed E-state index contributed by atoms with van der Waals surface area (Å²) in [4.78, 5) is 12.2. The fraction of sp³-hybridized carbons (Fsp3) is 0.235. The van der Waals surface area contributed by atoms with Gasteiger partial charge in [0.1, 0.15) is 5.75 Å². The highest BCUT2D eigenvalue weighted by atomic mass is 35.5. The van der Waals surface area contributed by atoms with Crippen LogP contribution < -0.4 is 4.74 Å². The van der Waals surface area contributed by atoms with Gasteiger partial charge in [-0.25, -0.2) is 0 Å². The van der Waals surface area contributed by atoms with Crippen molar-refractivity contribution in [3.63, 3.8) is 0 Å². The standard InChI is InChI=1S/C17H17ClO2/c18-12-4-5-13-20-16-10-8-15(9-11-16)17(19)14-6-2-1-3-7-14/h1-3,6-11H,4-5,12-13H2. The van der Waals surface area contributed by atoms with Crippen molar-refractivity contribution in [3.05, 3.63) is 65.7 Å². The molecule has 0 amide bonds. The molecule has 0 spiro atoms. The molecule has 20 heavy (non-hydrogen) atoms. The fourth-order valence-corrected chi connectivity index (χ4v) is 2.03. The van der Waals surface area contributed by atoms with E-state index in [2.05, 4.69) is 0 Å². The van der Waals surface area contributed by atoms with Crippen LogP contribution in [0.2, 0.25) is 0 Å². The second-order valence-corrected chi connectivity index (χ2v) is 4.84. The summed E-state index contributed by atoms with van der Waals surface area (Å²) in [6.07, 6.45) is 1.89. The first-order valence-electron chi connectivity index (χ1n) is 6.70. The quantitative estimate of drug-likeness (QED) is 0.431. The van der Waals surface area contributed by atoms with Crippen LogP contribution in [0.5, 0.6) is 5.75 Å². The second kappa shape index (κ2) is 7.71. The van der Waals surface area contributed by atoms with E-state index in [1.165, 1.54) is 0 Å². The van der Waals surface area contributed by atoms with Gasteiger partial charge in [-0.2, -0.15) is 0 Å². The first kappa shape index (κ1) is 14.6. The third kappa shape index (κ3) is 4.10. The molecule has 0 aromatic heterocycles. The number of hydrogen-bond donors (Lipinski definition) is 0. The number of unbranched alkanes of at least 4 members (excludes halogenated alkanes) is 1. The van der Waals surface area contributed by atoms with Crippen molar-refractivity contribution < 1.29 is 9.53 Å². The monoisotopic (exact) mass is 288 g/mol. The van der Waals surface area contributed by atoms with E-state index in [1.54, 1.807) is 12.1 Å². The summed E-state index contributed by atoms with van der Waals surface area (Å²) in [6, 6.07) is 16.5. The van der Waals surface area contributed by atoms with Gasteiger partial charge in [-0.15, -0.1) is 11.6 Å². The van der Waals surface area contributed by atoms with Gasteiger partial charge in [-0.05, 0) is 37.1 Å². The number of ketones is 1. The fourth-order valence-electron chi connectivity index (χ4n) is 1.85. The Morgan fingerprint density at radius 3 is 2.20 bits per heavy atom. The van der Waals surface area contributed by atoms with Crippen LogP contribution in [0.4, 0.5) is 0 Å². The maximum atomic E-state index is 12.2. The summed E-state index contributed by atoms with van der Waals surface area (Å²) in [5.74, 6) is 1.47. The lowest BCUT2D eigenvalue weighted by Crippen LogP contribution is -2.01. The van der Waals surface area contributed by atoms with Crippen molar-refractivity contribution in [2.24, 2.45) is 0 Å². The van der Waals surface area contributed by atoms with Gasteiger partial charge >= 0.3 is 0 Å². The lowest BCUT2D eigenvalue weighted by Gasteiger charge is -2.06. The van der Waals surface area contributed by atoms with E-state index < -0.39 is 0 Å². The average Bonchev–Trinajstić information content (AvgIpc) is 2.52. The number of alkyl halides is 1. The predicted octanol–water partition coefficient (Wildman–Crippen LogP) is 4.32. The zero-order valence-electron chi connectivity index (χ0n) is 11.2. The SMILES string of the molecule is O=C(c1ccccc1)c1ccc(OCCCCCl)cc1. The lowest BCUT2D eigenvalue weighted by atomic mass is 10.0. The highest BCUT2D eigenvalue weighted by Crippen LogP contribution is 2.15. The number of hydrogen-bond acceptors (Lipinski definition) is 2.